The molecule has 0 bridgehead atoms. The molecule has 0 aliphatic carbocycles. The van der Waals surface area contributed by atoms with Crippen molar-refractivity contribution in [2.45, 2.75) is 19.4 Å². The summed E-state index contributed by atoms with van der Waals surface area (Å²) in [6, 6.07) is 7.56. The number of carbonyl (C=O) groups is 2. The molecule has 6 nitrogen and oxygen atoms in total. The Labute approximate surface area is 117 Å². The van der Waals surface area contributed by atoms with E-state index in [9.17, 15) is 9.59 Å². The third-order valence-corrected chi connectivity index (χ3v) is 2.57. The average molecular weight is 276 g/mol. The van der Waals surface area contributed by atoms with Crippen molar-refractivity contribution in [3.8, 4) is 6.07 Å². The second-order valence-electron chi connectivity index (χ2n) is 4.11. The summed E-state index contributed by atoms with van der Waals surface area (Å²) in [6.45, 7) is 1.96. The Morgan fingerprint density at radius 2 is 2.25 bits per heavy atom. The summed E-state index contributed by atoms with van der Waals surface area (Å²) in [5, 5.41) is 20.3. The van der Waals surface area contributed by atoms with Crippen molar-refractivity contribution in [3.05, 3.63) is 35.4 Å². The van der Waals surface area contributed by atoms with E-state index in [0.717, 1.165) is 0 Å². The Hall–Kier alpha value is -2.39. The Bertz CT molecular complexity index is 522. The number of carbonyl (C=O) groups excluding carboxylic acids is 1. The lowest BCUT2D eigenvalue weighted by Crippen LogP contribution is -2.43. The summed E-state index contributed by atoms with van der Waals surface area (Å²) in [5.41, 5.74) is 1.13. The van der Waals surface area contributed by atoms with E-state index in [-0.39, 0.29) is 13.0 Å². The third kappa shape index (κ3) is 5.08. The fraction of sp³-hybridized carbons (Fsp3) is 0.357. The Morgan fingerprint density at radius 1 is 1.50 bits per heavy atom. The van der Waals surface area contributed by atoms with Gasteiger partial charge in [0.1, 0.15) is 12.6 Å². The van der Waals surface area contributed by atoms with Gasteiger partial charge in [-0.3, -0.25) is 4.79 Å². The molecule has 0 saturated heterocycles. The van der Waals surface area contributed by atoms with E-state index < -0.39 is 17.9 Å². The predicted molar refractivity (Wildman–Crippen MR) is 70.9 cm³/mol. The van der Waals surface area contributed by atoms with Gasteiger partial charge in [0.15, 0.2) is 0 Å². The molecule has 0 unspecified atom stereocenters. The number of hydrogen-bond donors (Lipinski definition) is 2. The number of nitrogens with zero attached hydrogens (tertiary/aromatic N) is 1. The lowest BCUT2D eigenvalue weighted by Gasteiger charge is -2.14. The van der Waals surface area contributed by atoms with Crippen molar-refractivity contribution in [3.63, 3.8) is 0 Å². The van der Waals surface area contributed by atoms with Gasteiger partial charge in [0, 0.05) is 13.0 Å². The highest BCUT2D eigenvalue weighted by molar-refractivity contribution is 5.84. The third-order valence-electron chi connectivity index (χ3n) is 2.57. The summed E-state index contributed by atoms with van der Waals surface area (Å²) in [5.74, 6) is -1.60. The average Bonchev–Trinajstić information content (AvgIpc) is 2.44. The summed E-state index contributed by atoms with van der Waals surface area (Å²) in [4.78, 5) is 22.6. The second kappa shape index (κ2) is 7.92. The molecule has 0 heterocycles. The molecule has 6 heteroatoms. The van der Waals surface area contributed by atoms with Crippen molar-refractivity contribution in [1.82, 2.24) is 5.32 Å². The topological polar surface area (TPSA) is 99.4 Å². The zero-order chi connectivity index (χ0) is 15.0. The molecule has 20 heavy (non-hydrogen) atoms. The van der Waals surface area contributed by atoms with Crippen LogP contribution >= 0.6 is 0 Å². The van der Waals surface area contributed by atoms with Crippen LogP contribution < -0.4 is 5.32 Å². The van der Waals surface area contributed by atoms with Gasteiger partial charge in [-0.2, -0.15) is 5.26 Å². The number of nitrogens with one attached hydrogen (secondary N) is 1. The van der Waals surface area contributed by atoms with E-state index >= 15 is 0 Å². The molecule has 0 aliphatic heterocycles. The van der Waals surface area contributed by atoms with Gasteiger partial charge in [-0.05, 0) is 24.6 Å². The molecule has 1 aromatic rings. The van der Waals surface area contributed by atoms with Crippen LogP contribution in [0.4, 0.5) is 0 Å². The smallest absolute Gasteiger partial charge is 0.326 e. The van der Waals surface area contributed by atoms with Gasteiger partial charge in [-0.25, -0.2) is 4.79 Å². The number of amides is 1. The molecule has 2 N–H and O–H groups in total. The van der Waals surface area contributed by atoms with Crippen molar-refractivity contribution >= 4 is 11.9 Å². The van der Waals surface area contributed by atoms with Crippen LogP contribution in [-0.4, -0.2) is 36.2 Å². The van der Waals surface area contributed by atoms with E-state index in [0.29, 0.717) is 17.7 Å². The molecule has 0 saturated carbocycles. The number of benzene rings is 1. The van der Waals surface area contributed by atoms with Gasteiger partial charge in [0.05, 0.1) is 11.6 Å². The maximum Gasteiger partial charge on any atom is 0.326 e. The molecule has 1 atom stereocenters. The van der Waals surface area contributed by atoms with Crippen LogP contribution in [-0.2, 0) is 20.7 Å². The fourth-order valence-electron chi connectivity index (χ4n) is 1.63. The summed E-state index contributed by atoms with van der Waals surface area (Å²) < 4.78 is 4.91. The van der Waals surface area contributed by atoms with Crippen molar-refractivity contribution < 1.29 is 19.4 Å². The molecule has 0 aromatic heterocycles. The van der Waals surface area contributed by atoms with Crippen LogP contribution in [0.15, 0.2) is 24.3 Å². The first-order chi connectivity index (χ1) is 9.56. The van der Waals surface area contributed by atoms with Gasteiger partial charge < -0.3 is 15.2 Å². The highest BCUT2D eigenvalue weighted by Crippen LogP contribution is 2.07. The number of carboxylic acid groups (broad SMARTS) is 1. The number of ether oxygens (including phenoxy) is 1. The van der Waals surface area contributed by atoms with E-state index in [1.165, 1.54) is 0 Å². The number of rotatable bonds is 7. The number of carboxylic acids is 1. The Balaban J connectivity index is 2.70. The number of nitriles is 1. The Morgan fingerprint density at radius 3 is 2.85 bits per heavy atom. The van der Waals surface area contributed by atoms with Gasteiger partial charge >= 0.3 is 5.97 Å². The SMILES string of the molecule is CCOCC(=O)N[C@H](Cc1cccc(C#N)c1)C(=O)O. The summed E-state index contributed by atoms with van der Waals surface area (Å²) >= 11 is 0. The quantitative estimate of drug-likeness (QED) is 0.764. The minimum atomic E-state index is -1.13. The molecule has 0 spiro atoms. The van der Waals surface area contributed by atoms with Crippen molar-refractivity contribution in [1.29, 1.82) is 5.26 Å². The monoisotopic (exact) mass is 276 g/mol. The Kier molecular flexibility index (Phi) is 6.20. The maximum atomic E-state index is 11.5. The summed E-state index contributed by atoms with van der Waals surface area (Å²) in [6.07, 6.45) is 0.114. The van der Waals surface area contributed by atoms with Crippen molar-refractivity contribution in [2.24, 2.45) is 0 Å². The molecule has 1 amide bonds. The first-order valence-corrected chi connectivity index (χ1v) is 6.15. The molecule has 0 aliphatic rings. The molecule has 1 aromatic carbocycles. The van der Waals surface area contributed by atoms with E-state index in [2.05, 4.69) is 5.32 Å². The number of hydrogen-bond acceptors (Lipinski definition) is 4. The summed E-state index contributed by atoms with van der Waals surface area (Å²) in [7, 11) is 0. The zero-order valence-electron chi connectivity index (χ0n) is 11.1. The predicted octanol–water partition coefficient (Wildman–Crippen LogP) is 0.707. The van der Waals surface area contributed by atoms with Crippen molar-refractivity contribution in [2.75, 3.05) is 13.2 Å². The first-order valence-electron chi connectivity index (χ1n) is 6.15. The van der Waals surface area contributed by atoms with Crippen LogP contribution in [0, 0.1) is 11.3 Å². The van der Waals surface area contributed by atoms with Crippen LogP contribution in [0.3, 0.4) is 0 Å². The molecule has 106 valence electrons. The highest BCUT2D eigenvalue weighted by Gasteiger charge is 2.20. The van der Waals surface area contributed by atoms with Crippen LogP contribution in [0.2, 0.25) is 0 Å². The first kappa shape index (κ1) is 15.7. The van der Waals surface area contributed by atoms with Gasteiger partial charge in [-0.15, -0.1) is 0 Å². The lowest BCUT2D eigenvalue weighted by atomic mass is 10.0. The van der Waals surface area contributed by atoms with Gasteiger partial charge in [0.25, 0.3) is 0 Å². The maximum absolute atomic E-state index is 11.5. The standard InChI is InChI=1S/C14H16N2O4/c1-2-20-9-13(17)16-12(14(18)19)7-10-4-3-5-11(6-10)8-15/h3-6,12H,2,7,9H2,1H3,(H,16,17)(H,18,19)/t12-/m1/s1. The van der Waals surface area contributed by atoms with E-state index in [4.69, 9.17) is 15.1 Å². The molecular weight excluding hydrogens is 260 g/mol. The van der Waals surface area contributed by atoms with E-state index in [1.807, 2.05) is 6.07 Å². The molecule has 0 fully saturated rings. The zero-order valence-corrected chi connectivity index (χ0v) is 11.1. The normalized spacial score (nSPS) is 11.4. The largest absolute Gasteiger partial charge is 0.480 e. The van der Waals surface area contributed by atoms with Gasteiger partial charge in [-0.1, -0.05) is 12.1 Å². The molecule has 1 rings (SSSR count). The fourth-order valence-corrected chi connectivity index (χ4v) is 1.63. The minimum Gasteiger partial charge on any atom is -0.480 e. The highest BCUT2D eigenvalue weighted by atomic mass is 16.5. The van der Waals surface area contributed by atoms with E-state index in [1.54, 1.807) is 31.2 Å². The van der Waals surface area contributed by atoms with Crippen LogP contribution in [0.25, 0.3) is 0 Å². The minimum absolute atomic E-state index is 0.114. The molecule has 0 radical (unpaired) electrons. The molecular formula is C14H16N2O4. The second-order valence-corrected chi connectivity index (χ2v) is 4.11. The lowest BCUT2D eigenvalue weighted by molar-refractivity contribution is -0.142. The van der Waals surface area contributed by atoms with Crippen LogP contribution in [0.5, 0.6) is 0 Å². The van der Waals surface area contributed by atoms with Crippen LogP contribution in [0.1, 0.15) is 18.1 Å². The number of aliphatic carboxylic acids is 1. The van der Waals surface area contributed by atoms with Gasteiger partial charge in [0.2, 0.25) is 5.91 Å².